The van der Waals surface area contributed by atoms with Crippen LogP contribution in [0.15, 0.2) is 0 Å². The molecule has 15 saturated carbocycles. The highest BCUT2D eigenvalue weighted by Crippen LogP contribution is 2.93. The third-order valence-corrected chi connectivity index (χ3v) is 43.2. The van der Waals surface area contributed by atoms with Crippen molar-refractivity contribution < 1.29 is 88.4 Å². The summed E-state index contributed by atoms with van der Waals surface area (Å²) in [6, 6.07) is 0. The molecule has 115 heavy (non-hydrogen) atoms. The lowest BCUT2D eigenvalue weighted by Crippen LogP contribution is -2.59. The molecule has 19 aliphatic rings. The van der Waals surface area contributed by atoms with E-state index in [2.05, 4.69) is 109 Å². The number of cyclic esters (lactones) is 2. The number of rotatable bonds is 8. The summed E-state index contributed by atoms with van der Waals surface area (Å²) in [6.45, 7) is 47.5. The van der Waals surface area contributed by atoms with Crippen molar-refractivity contribution in [1.82, 2.24) is 5.32 Å². The number of fused-ring (bicyclic) bond motifs is 12. The van der Waals surface area contributed by atoms with Crippen molar-refractivity contribution in [3.05, 3.63) is 0 Å². The number of ether oxygens (including phenoxy) is 7. The number of aliphatic hydroxyl groups excluding tert-OH is 7. The topological polar surface area (TPSA) is 290 Å². The fourth-order valence-electron chi connectivity index (χ4n) is 37.4. The lowest BCUT2D eigenvalue weighted by atomic mass is 9.41. The van der Waals surface area contributed by atoms with Gasteiger partial charge in [0.2, 0.25) is 0 Å². The molecule has 0 aromatic rings. The first-order valence-corrected chi connectivity index (χ1v) is 46.7. The van der Waals surface area contributed by atoms with Gasteiger partial charge in [-0.15, -0.1) is 0 Å². The van der Waals surface area contributed by atoms with Crippen LogP contribution in [-0.4, -0.2) is 174 Å². The van der Waals surface area contributed by atoms with Gasteiger partial charge in [0, 0.05) is 29.7 Å². The van der Waals surface area contributed by atoms with Crippen molar-refractivity contribution in [2.45, 2.75) is 421 Å². The van der Waals surface area contributed by atoms with Gasteiger partial charge < -0.3 is 79.3 Å². The molecule has 15 aliphatic carbocycles. The van der Waals surface area contributed by atoms with Gasteiger partial charge >= 0.3 is 18.2 Å². The Balaban J connectivity index is 0.000000124. The molecule has 19 fully saturated rings. The largest absolute Gasteiger partial charge is 0.509 e. The number of carbonyl (C=O) groups is 3. The Morgan fingerprint density at radius 1 is 0.487 bits per heavy atom. The number of alkyl carbamates (subject to hydrolysis) is 1. The molecule has 39 atom stereocenters. The molecule has 19 nitrogen and oxygen atoms in total. The Morgan fingerprint density at radius 3 is 1.17 bits per heavy atom. The zero-order chi connectivity index (χ0) is 83.7. The van der Waals surface area contributed by atoms with Crippen molar-refractivity contribution in [1.29, 1.82) is 0 Å². The lowest BCUT2D eigenvalue weighted by Gasteiger charge is -2.63. The molecule has 19 rings (SSSR count). The van der Waals surface area contributed by atoms with Crippen LogP contribution < -0.4 is 5.32 Å². The monoisotopic (exact) mass is 1610 g/mol. The molecule has 6 spiro atoms. The average molecular weight is 1610 g/mol. The van der Waals surface area contributed by atoms with Crippen LogP contribution in [0.25, 0.3) is 0 Å². The van der Waals surface area contributed by atoms with E-state index in [1.54, 1.807) is 34.6 Å². The Hall–Kier alpha value is -2.43. The van der Waals surface area contributed by atoms with E-state index in [9.17, 15) is 55.2 Å². The second-order valence-electron chi connectivity index (χ2n) is 48.8. The third-order valence-electron chi connectivity index (χ3n) is 43.2. The van der Waals surface area contributed by atoms with Crippen LogP contribution in [0.4, 0.5) is 9.59 Å². The van der Waals surface area contributed by atoms with Crippen LogP contribution in [0.1, 0.15) is 313 Å². The highest BCUT2D eigenvalue weighted by atomic mass is 16.8. The standard InChI is InChI=1S/C33H54O6.C32H53NO6.C31H48O6/c1-9-23(35)39-29(5,6)26(36)19-16-18(2)24-25(38-19)27(37)31(8)21-11-10-20-28(3,4)22(34)12-13-32(20)17-33(21,32)15-14-30(24,31)7;1-17-15-18(25(28(4,5)37)39-26(36)33-8)38-23-22(17)29(6)13-14-32-16-31(32)12-11-21(34)27(2,3)19(31)9-10-20(32)30(29,7)24(23)35;1-16-14-17(24-27(4,5)37-25(34)36-24)35-22-21(16)28(6)12-13-31-15-30(31)11-10-20(32)26(2,3)18(30)8-9-19(31)29(28,7)23(22)33/h18-22,24-27,34,36-37H,9-17H2,1-8H3;17-25,34-35,37H,9-16H2,1-8H3,(H,33,36);16-24,32-33H,8-15H2,1-7H3/t18-,19-,20+,21+,22+,24+,25+,26+,27+,30-,31-,32-,33+;17-,18-,19+,20+,21+,22+,23+,24+,25+,29-,30-,31-,32+;16-,17-,18+,19+,20+,21+,22+,23+,24+,28-,29-,30-,31+/m111/s1. The number of nitrogens with one attached hydrogen (secondary N) is 1. The molecule has 0 aromatic heterocycles. The smallest absolute Gasteiger partial charge is 0.457 e. The Bertz CT molecular complexity index is 3830. The maximum Gasteiger partial charge on any atom is 0.509 e. The van der Waals surface area contributed by atoms with Crippen molar-refractivity contribution >= 4 is 18.2 Å². The first-order valence-electron chi connectivity index (χ1n) is 46.7. The number of carbonyl (C=O) groups excluding carboxylic acids is 3. The van der Waals surface area contributed by atoms with Crippen molar-refractivity contribution in [2.75, 3.05) is 7.05 Å². The molecular formula is C96H155NO18. The molecule has 4 saturated heterocycles. The molecule has 4 aliphatic heterocycles. The van der Waals surface area contributed by atoms with Gasteiger partial charge in [-0.2, -0.15) is 0 Å². The Morgan fingerprint density at radius 2 is 0.826 bits per heavy atom. The summed E-state index contributed by atoms with van der Waals surface area (Å²) in [7, 11) is 1.51. The lowest BCUT2D eigenvalue weighted by molar-refractivity contribution is -0.213. The van der Waals surface area contributed by atoms with E-state index in [-0.39, 0.29) is 138 Å². The number of hydrogen-bond acceptors (Lipinski definition) is 18. The Labute approximate surface area is 688 Å². The zero-order valence-corrected chi connectivity index (χ0v) is 74.9. The van der Waals surface area contributed by atoms with Gasteiger partial charge in [0.15, 0.2) is 12.2 Å². The minimum Gasteiger partial charge on any atom is -0.457 e. The highest BCUT2D eigenvalue weighted by molar-refractivity contribution is 5.69. The number of hydrogen-bond donors (Lipinski definition) is 9. The Kier molecular flexibility index (Phi) is 19.2. The summed E-state index contributed by atoms with van der Waals surface area (Å²) in [5.74, 6) is 4.37. The van der Waals surface area contributed by atoms with Crippen molar-refractivity contribution in [3.63, 3.8) is 0 Å². The maximum atomic E-state index is 12.4. The number of aliphatic hydroxyl groups is 8. The fourth-order valence-corrected chi connectivity index (χ4v) is 37.4. The molecular weight excluding hydrogens is 1460 g/mol. The van der Waals surface area contributed by atoms with E-state index in [0.29, 0.717) is 81.8 Å². The quantitative estimate of drug-likeness (QED) is 0.0806. The molecule has 9 N–H and O–H groups in total. The predicted molar refractivity (Wildman–Crippen MR) is 434 cm³/mol. The van der Waals surface area contributed by atoms with E-state index in [1.807, 2.05) is 13.8 Å². The second-order valence-corrected chi connectivity index (χ2v) is 48.8. The molecule has 19 heteroatoms. The molecule has 1 amide bonds. The normalized spacial score (nSPS) is 56.3. The minimum atomic E-state index is -1.28. The SMILES string of the molecule is CCC(=O)OC(C)(C)[C@@H](O)[C@H]1C[C@@H](C)[C@H]2[C@H](O1)[C@H](O)[C@@]1(C)[C@@H]3CC[C@H]4C(C)(C)[C@@H](O)CC[C@@]45C[C@@]35CC[C@]21C.CNC(=O)O[C@@H]([C@H]1C[C@@H](C)[C@H]2[C@H](O1)[C@H](O)[C@@]1(C)[C@@H]3CC[C@H]4C(C)(C)[C@@H](O)CC[C@@]45C[C@@]35CC[C@]21C)C(C)(C)O.C[C@@H]1C[C@H]([C@@H]2OC(=O)OC2(C)C)O[C@H]2[C@H]1[C@@]1(C)CC[C@@]34C[C@@]35CC[C@H](O)C(C)(C)[C@@H]5CC[C@H]4[C@]1(C)[C@H]2O. The molecule has 0 radical (unpaired) electrons. The van der Waals surface area contributed by atoms with Gasteiger partial charge in [0.1, 0.15) is 17.3 Å². The molecule has 4 heterocycles. The third kappa shape index (κ3) is 10.6. The van der Waals surface area contributed by atoms with Crippen LogP contribution in [-0.2, 0) is 38.0 Å². The fraction of sp³-hybridized carbons (Fsp3) is 0.969. The summed E-state index contributed by atoms with van der Waals surface area (Å²) in [5.41, 5.74) is -2.25. The summed E-state index contributed by atoms with van der Waals surface area (Å²) in [6.07, 6.45) is 18.2. The van der Waals surface area contributed by atoms with Crippen LogP contribution in [0.3, 0.4) is 0 Å². The average Bonchev–Trinajstić information content (AvgIpc) is 1.47. The molecule has 652 valence electrons. The predicted octanol–water partition coefficient (Wildman–Crippen LogP) is 15.4. The van der Waals surface area contributed by atoms with E-state index in [0.717, 1.165) is 103 Å². The van der Waals surface area contributed by atoms with Crippen LogP contribution in [0.5, 0.6) is 0 Å². The van der Waals surface area contributed by atoms with Gasteiger partial charge in [0.25, 0.3) is 0 Å². The summed E-state index contributed by atoms with van der Waals surface area (Å²) >= 11 is 0. The first kappa shape index (κ1) is 84.8. The molecule has 0 unspecified atom stereocenters. The summed E-state index contributed by atoms with van der Waals surface area (Å²) in [5, 5.41) is 94.7. The summed E-state index contributed by atoms with van der Waals surface area (Å²) in [4.78, 5) is 36.3. The van der Waals surface area contributed by atoms with Crippen LogP contribution in [0, 0.1) is 152 Å². The van der Waals surface area contributed by atoms with Gasteiger partial charge in [-0.05, 0) is 332 Å². The molecule has 0 aromatic carbocycles. The number of amides is 1. The summed E-state index contributed by atoms with van der Waals surface area (Å²) < 4.78 is 42.7. The first-order chi connectivity index (χ1) is 53.2. The van der Waals surface area contributed by atoms with E-state index in [4.69, 9.17) is 33.2 Å². The highest BCUT2D eigenvalue weighted by Gasteiger charge is 2.89. The van der Waals surface area contributed by atoms with Crippen molar-refractivity contribution in [2.24, 2.45) is 152 Å². The van der Waals surface area contributed by atoms with Gasteiger partial charge in [-0.1, -0.05) is 111 Å². The van der Waals surface area contributed by atoms with E-state index in [1.165, 1.54) is 45.6 Å². The number of esters is 1. The second kappa shape index (κ2) is 26.1. The minimum absolute atomic E-state index is 0.00999. The van der Waals surface area contributed by atoms with Gasteiger partial charge in [0.05, 0.1) is 78.8 Å². The van der Waals surface area contributed by atoms with Gasteiger partial charge in [-0.3, -0.25) is 4.79 Å². The van der Waals surface area contributed by atoms with Crippen LogP contribution in [0.2, 0.25) is 0 Å². The maximum absolute atomic E-state index is 12.4. The van der Waals surface area contributed by atoms with E-state index < -0.39 is 77.9 Å². The van der Waals surface area contributed by atoms with Gasteiger partial charge in [-0.25, -0.2) is 9.59 Å². The molecule has 0 bridgehead atoms. The van der Waals surface area contributed by atoms with Crippen molar-refractivity contribution in [3.8, 4) is 0 Å². The van der Waals surface area contributed by atoms with E-state index >= 15 is 0 Å². The zero-order valence-electron chi connectivity index (χ0n) is 74.9. The van der Waals surface area contributed by atoms with Crippen LogP contribution >= 0.6 is 0 Å².